The maximum atomic E-state index is 12.3. The topological polar surface area (TPSA) is 52.7 Å². The van der Waals surface area contributed by atoms with Crippen molar-refractivity contribution >= 4 is 23.2 Å². The van der Waals surface area contributed by atoms with Crippen molar-refractivity contribution in [3.63, 3.8) is 0 Å². The highest BCUT2D eigenvalue weighted by atomic mass is 32.1. The Labute approximate surface area is 135 Å². The molecule has 2 aliphatic rings. The number of thiophene rings is 1. The molecule has 2 fully saturated rings. The third-order valence-electron chi connectivity index (χ3n) is 4.30. The summed E-state index contributed by atoms with van der Waals surface area (Å²) in [6.07, 6.45) is 3.76. The minimum atomic E-state index is -0.159. The van der Waals surface area contributed by atoms with Crippen molar-refractivity contribution in [3.05, 3.63) is 22.4 Å². The molecular formula is C16H23N3O2S. The fourth-order valence-electron chi connectivity index (χ4n) is 2.83. The average molecular weight is 321 g/mol. The molecule has 1 aromatic heterocycles. The molecule has 0 atom stereocenters. The Morgan fingerprint density at radius 1 is 1.23 bits per heavy atom. The van der Waals surface area contributed by atoms with Crippen LogP contribution in [0, 0.1) is 5.92 Å². The van der Waals surface area contributed by atoms with Gasteiger partial charge in [0, 0.05) is 26.2 Å². The quantitative estimate of drug-likeness (QED) is 0.892. The van der Waals surface area contributed by atoms with E-state index in [9.17, 15) is 9.59 Å². The van der Waals surface area contributed by atoms with Crippen LogP contribution in [-0.2, 0) is 4.79 Å². The molecule has 1 aromatic rings. The fraction of sp³-hybridized carbons (Fsp3) is 0.625. The van der Waals surface area contributed by atoms with Crippen molar-refractivity contribution in [2.75, 3.05) is 39.3 Å². The van der Waals surface area contributed by atoms with Gasteiger partial charge >= 0.3 is 0 Å². The molecule has 5 nitrogen and oxygen atoms in total. The summed E-state index contributed by atoms with van der Waals surface area (Å²) >= 11 is 1.39. The van der Waals surface area contributed by atoms with Crippen molar-refractivity contribution in [2.45, 2.75) is 19.3 Å². The molecule has 0 spiro atoms. The first kappa shape index (κ1) is 15.5. The molecule has 0 bridgehead atoms. The Bertz CT molecular complexity index is 513. The molecule has 1 saturated carbocycles. The average Bonchev–Trinajstić information content (AvgIpc) is 3.23. The summed E-state index contributed by atoms with van der Waals surface area (Å²) in [7, 11) is 0. The van der Waals surface area contributed by atoms with Crippen LogP contribution in [0.25, 0.3) is 0 Å². The zero-order chi connectivity index (χ0) is 15.4. The normalized spacial score (nSPS) is 19.7. The van der Waals surface area contributed by atoms with Crippen LogP contribution in [0.5, 0.6) is 0 Å². The molecule has 0 aromatic carbocycles. The van der Waals surface area contributed by atoms with E-state index in [1.54, 1.807) is 6.07 Å². The number of rotatable bonds is 5. The standard InChI is InChI=1S/C16H23N3O2S/c20-15(11-17-16(21)14-3-1-10-22-14)19-7-2-6-18(8-9-19)12-13-4-5-13/h1,3,10,13H,2,4-9,11-12H2,(H,17,21). The van der Waals surface area contributed by atoms with E-state index in [1.807, 2.05) is 16.3 Å². The highest BCUT2D eigenvalue weighted by Gasteiger charge is 2.26. The van der Waals surface area contributed by atoms with Gasteiger partial charge in [0.2, 0.25) is 5.91 Å². The molecular weight excluding hydrogens is 298 g/mol. The van der Waals surface area contributed by atoms with Gasteiger partial charge in [0.25, 0.3) is 5.91 Å². The second-order valence-electron chi connectivity index (χ2n) is 6.14. The molecule has 6 heteroatoms. The zero-order valence-electron chi connectivity index (χ0n) is 12.8. The minimum absolute atomic E-state index is 0.0261. The van der Waals surface area contributed by atoms with Crippen LogP contribution < -0.4 is 5.32 Å². The summed E-state index contributed by atoms with van der Waals surface area (Å²) in [5.74, 6) is 0.763. The number of amides is 2. The lowest BCUT2D eigenvalue weighted by Crippen LogP contribution is -2.42. The van der Waals surface area contributed by atoms with Gasteiger partial charge in [-0.25, -0.2) is 0 Å². The van der Waals surface area contributed by atoms with Crippen molar-refractivity contribution in [2.24, 2.45) is 5.92 Å². The predicted octanol–water partition coefficient (Wildman–Crippen LogP) is 1.42. The van der Waals surface area contributed by atoms with E-state index in [-0.39, 0.29) is 18.4 Å². The molecule has 22 heavy (non-hydrogen) atoms. The van der Waals surface area contributed by atoms with Crippen LogP contribution in [0.4, 0.5) is 0 Å². The molecule has 120 valence electrons. The van der Waals surface area contributed by atoms with E-state index >= 15 is 0 Å². The van der Waals surface area contributed by atoms with Gasteiger partial charge in [-0.1, -0.05) is 6.07 Å². The molecule has 0 radical (unpaired) electrons. The highest BCUT2D eigenvalue weighted by molar-refractivity contribution is 7.12. The molecule has 1 aliphatic carbocycles. The molecule has 0 unspecified atom stereocenters. The third kappa shape index (κ3) is 4.30. The van der Waals surface area contributed by atoms with Crippen molar-refractivity contribution in [1.82, 2.24) is 15.1 Å². The summed E-state index contributed by atoms with van der Waals surface area (Å²) in [6, 6.07) is 3.61. The van der Waals surface area contributed by atoms with Gasteiger partial charge in [0.1, 0.15) is 0 Å². The first-order chi connectivity index (χ1) is 10.7. The highest BCUT2D eigenvalue weighted by Crippen LogP contribution is 2.29. The molecule has 1 saturated heterocycles. The Kier molecular flexibility index (Phi) is 5.10. The number of nitrogens with zero attached hydrogens (tertiary/aromatic N) is 2. The van der Waals surface area contributed by atoms with Crippen LogP contribution in [0.1, 0.15) is 28.9 Å². The van der Waals surface area contributed by atoms with Crippen molar-refractivity contribution < 1.29 is 9.59 Å². The lowest BCUT2D eigenvalue weighted by atomic mass is 10.3. The third-order valence-corrected chi connectivity index (χ3v) is 5.17. The van der Waals surface area contributed by atoms with E-state index < -0.39 is 0 Å². The van der Waals surface area contributed by atoms with Gasteiger partial charge in [-0.3, -0.25) is 9.59 Å². The number of carbonyl (C=O) groups is 2. The molecule has 3 rings (SSSR count). The summed E-state index contributed by atoms with van der Waals surface area (Å²) in [5, 5.41) is 4.58. The van der Waals surface area contributed by atoms with Gasteiger partial charge in [-0.2, -0.15) is 0 Å². The van der Waals surface area contributed by atoms with Gasteiger partial charge < -0.3 is 15.1 Å². The summed E-state index contributed by atoms with van der Waals surface area (Å²) in [6.45, 7) is 4.91. The Hall–Kier alpha value is -1.40. The second-order valence-corrected chi connectivity index (χ2v) is 7.09. The van der Waals surface area contributed by atoms with E-state index in [4.69, 9.17) is 0 Å². The van der Waals surface area contributed by atoms with Crippen LogP contribution in [0.15, 0.2) is 17.5 Å². The van der Waals surface area contributed by atoms with Crippen LogP contribution in [0.2, 0.25) is 0 Å². The van der Waals surface area contributed by atoms with Crippen LogP contribution in [-0.4, -0.2) is 60.9 Å². The Balaban J connectivity index is 1.42. The second kappa shape index (κ2) is 7.24. The molecule has 2 amide bonds. The molecule has 2 heterocycles. The fourth-order valence-corrected chi connectivity index (χ4v) is 3.47. The van der Waals surface area contributed by atoms with E-state index in [1.165, 1.54) is 30.7 Å². The van der Waals surface area contributed by atoms with E-state index in [0.29, 0.717) is 4.88 Å². The zero-order valence-corrected chi connectivity index (χ0v) is 13.6. The smallest absolute Gasteiger partial charge is 0.261 e. The number of nitrogens with one attached hydrogen (secondary N) is 1. The summed E-state index contributed by atoms with van der Waals surface area (Å²) < 4.78 is 0. The number of hydrogen-bond acceptors (Lipinski definition) is 4. The summed E-state index contributed by atoms with van der Waals surface area (Å²) in [5.41, 5.74) is 0. The van der Waals surface area contributed by atoms with Gasteiger partial charge in [-0.05, 0) is 43.2 Å². The summed E-state index contributed by atoms with van der Waals surface area (Å²) in [4.78, 5) is 29.1. The Morgan fingerprint density at radius 2 is 2.09 bits per heavy atom. The van der Waals surface area contributed by atoms with E-state index in [0.717, 1.165) is 38.5 Å². The Morgan fingerprint density at radius 3 is 2.82 bits per heavy atom. The van der Waals surface area contributed by atoms with Crippen LogP contribution >= 0.6 is 11.3 Å². The van der Waals surface area contributed by atoms with Gasteiger partial charge in [0.15, 0.2) is 0 Å². The molecule has 1 aliphatic heterocycles. The monoisotopic (exact) mass is 321 g/mol. The first-order valence-corrected chi connectivity index (χ1v) is 8.92. The first-order valence-electron chi connectivity index (χ1n) is 8.04. The van der Waals surface area contributed by atoms with Crippen LogP contribution in [0.3, 0.4) is 0 Å². The van der Waals surface area contributed by atoms with Crippen molar-refractivity contribution in [1.29, 1.82) is 0 Å². The predicted molar refractivity (Wildman–Crippen MR) is 87.0 cm³/mol. The lowest BCUT2D eigenvalue weighted by Gasteiger charge is -2.22. The van der Waals surface area contributed by atoms with Gasteiger partial charge in [-0.15, -0.1) is 11.3 Å². The van der Waals surface area contributed by atoms with Gasteiger partial charge in [0.05, 0.1) is 11.4 Å². The SMILES string of the molecule is O=C(NCC(=O)N1CCCN(CC2CC2)CC1)c1cccs1. The van der Waals surface area contributed by atoms with E-state index in [2.05, 4.69) is 10.2 Å². The number of carbonyl (C=O) groups excluding carboxylic acids is 2. The maximum absolute atomic E-state index is 12.3. The van der Waals surface area contributed by atoms with Crippen molar-refractivity contribution in [3.8, 4) is 0 Å². The number of hydrogen-bond donors (Lipinski definition) is 1. The minimum Gasteiger partial charge on any atom is -0.342 e. The largest absolute Gasteiger partial charge is 0.342 e. The maximum Gasteiger partial charge on any atom is 0.261 e. The molecule has 1 N–H and O–H groups in total. The lowest BCUT2D eigenvalue weighted by molar-refractivity contribution is -0.130.